The minimum absolute atomic E-state index is 0.0746. The van der Waals surface area contributed by atoms with Crippen molar-refractivity contribution in [1.29, 1.82) is 0 Å². The molecule has 2 aromatic heterocycles. The molecular weight excluding hydrogens is 376 g/mol. The van der Waals surface area contributed by atoms with Crippen molar-refractivity contribution in [3.63, 3.8) is 0 Å². The Kier molecular flexibility index (Phi) is 4.90. The Bertz CT molecular complexity index is 1060. The number of rotatable bonds is 3. The first-order valence-corrected chi connectivity index (χ1v) is 7.42. The average Bonchev–Trinajstić information content (AvgIpc) is 3.17. The molecule has 0 saturated heterocycles. The van der Waals surface area contributed by atoms with E-state index in [2.05, 4.69) is 34.6 Å². The van der Waals surface area contributed by atoms with Gasteiger partial charge in [0.05, 0.1) is 5.52 Å². The van der Waals surface area contributed by atoms with E-state index in [0.717, 1.165) is 10.9 Å². The van der Waals surface area contributed by atoms with Crippen LogP contribution in [0.1, 0.15) is 0 Å². The molecule has 0 bridgehead atoms. The summed E-state index contributed by atoms with van der Waals surface area (Å²) in [4.78, 5) is 17.0. The zero-order chi connectivity index (χ0) is 17.8. The maximum atomic E-state index is 10.3. The standard InChI is InChI=1S/C8H7N2O2.C8H6N2O2.Cu/c2*11-8-7(10-12)5-3-1-2-4-6(5)9-8;/h1-4,10-12H;1-4,9,11H;/q-1;;+2/p-1. The van der Waals surface area contributed by atoms with E-state index in [1.807, 2.05) is 35.8 Å². The normalized spacial score (nSPS) is 10.4. The Morgan fingerprint density at radius 2 is 1.80 bits per heavy atom. The van der Waals surface area contributed by atoms with Gasteiger partial charge >= 0.3 is 81.8 Å². The van der Waals surface area contributed by atoms with E-state index < -0.39 is 0 Å². The summed E-state index contributed by atoms with van der Waals surface area (Å²) in [5.41, 5.74) is 3.93. The Hall–Kier alpha value is -3.00. The van der Waals surface area contributed by atoms with E-state index in [4.69, 9.17) is 5.21 Å². The maximum absolute atomic E-state index is 10.3. The zero-order valence-corrected chi connectivity index (χ0v) is 13.5. The van der Waals surface area contributed by atoms with Gasteiger partial charge in [-0.1, -0.05) is 18.2 Å². The molecule has 0 unspecified atom stereocenters. The number of H-pyrrole nitrogens is 1. The molecule has 0 radical (unpaired) electrons. The van der Waals surface area contributed by atoms with Crippen LogP contribution in [0, 0.1) is 4.91 Å². The van der Waals surface area contributed by atoms with Crippen LogP contribution in [0.15, 0.2) is 53.7 Å². The number of nitrogens with one attached hydrogen (secondary N) is 2. The van der Waals surface area contributed by atoms with Crippen molar-refractivity contribution in [2.45, 2.75) is 0 Å². The second-order valence-corrected chi connectivity index (χ2v) is 5.13. The van der Waals surface area contributed by atoms with Crippen LogP contribution >= 0.6 is 0 Å². The van der Waals surface area contributed by atoms with Gasteiger partial charge in [-0.05, 0) is 11.2 Å². The number of para-hydroxylation sites is 2. The number of benzene rings is 2. The number of aromatic hydroxyl groups is 1. The molecule has 4 rings (SSSR count). The summed E-state index contributed by atoms with van der Waals surface area (Å²) in [5.74, 6) is 0.0369. The number of hydrogen-bond donors (Lipinski definition) is 4. The van der Waals surface area contributed by atoms with Crippen LogP contribution in [0.3, 0.4) is 0 Å². The molecule has 8 nitrogen and oxygen atoms in total. The molecule has 131 valence electrons. The van der Waals surface area contributed by atoms with Gasteiger partial charge in [0.1, 0.15) is 0 Å². The van der Waals surface area contributed by atoms with Crippen LogP contribution in [0.25, 0.3) is 21.8 Å². The van der Waals surface area contributed by atoms with Gasteiger partial charge in [-0.3, -0.25) is 0 Å². The Balaban J connectivity index is 0.000000146. The van der Waals surface area contributed by atoms with Crippen LogP contribution in [-0.2, 0) is 19.4 Å². The number of nitroso groups, excluding NO2 is 1. The summed E-state index contributed by atoms with van der Waals surface area (Å²) < 4.78 is 4.55. The number of nitrogens with zero attached hydrogens (tertiary/aromatic N) is 2. The minimum atomic E-state index is -0.175. The molecule has 0 fully saturated rings. The van der Waals surface area contributed by atoms with Crippen molar-refractivity contribution in [2.75, 3.05) is 5.48 Å². The zero-order valence-electron chi connectivity index (χ0n) is 12.5. The fourth-order valence-corrected chi connectivity index (χ4v) is 2.56. The third-order valence-electron chi connectivity index (χ3n) is 3.53. The van der Waals surface area contributed by atoms with E-state index >= 15 is 0 Å². The fraction of sp³-hybridized carbons (Fsp3) is 0. The van der Waals surface area contributed by atoms with E-state index in [0.29, 0.717) is 16.6 Å². The Morgan fingerprint density at radius 3 is 2.48 bits per heavy atom. The summed E-state index contributed by atoms with van der Waals surface area (Å²) in [6.45, 7) is 0. The molecule has 0 aliphatic rings. The molecule has 4 aromatic rings. The van der Waals surface area contributed by atoms with E-state index in [-0.39, 0.29) is 17.4 Å². The molecular formula is C16H12CuN4O4. The van der Waals surface area contributed by atoms with Crippen molar-refractivity contribution in [2.24, 2.45) is 5.18 Å². The summed E-state index contributed by atoms with van der Waals surface area (Å²) >= 11 is 4.54. The molecule has 0 aliphatic heterocycles. The Morgan fingerprint density at radius 1 is 1.12 bits per heavy atom. The second kappa shape index (κ2) is 7.27. The summed E-state index contributed by atoms with van der Waals surface area (Å²) in [5, 5.41) is 22.2. The molecule has 0 amide bonds. The van der Waals surface area contributed by atoms with E-state index in [9.17, 15) is 10.0 Å². The fourth-order valence-electron chi connectivity index (χ4n) is 2.42. The van der Waals surface area contributed by atoms with Crippen LogP contribution in [0.4, 0.5) is 11.4 Å². The molecule has 9 heteroatoms. The predicted octanol–water partition coefficient (Wildman–Crippen LogP) is 4.01. The van der Waals surface area contributed by atoms with Gasteiger partial charge in [-0.2, -0.15) is 0 Å². The first kappa shape index (κ1) is 16.8. The van der Waals surface area contributed by atoms with Crippen LogP contribution in [0.2, 0.25) is 0 Å². The van der Waals surface area contributed by atoms with Crippen LogP contribution in [0.5, 0.6) is 11.8 Å². The SMILES string of the molecule is O=Nc1c(O)[nH]c2ccccc12.ONc1c([O+]=[Cu])[n-]c2ccccc12. The molecule has 4 N–H and O–H groups in total. The summed E-state index contributed by atoms with van der Waals surface area (Å²) in [7, 11) is 0. The quantitative estimate of drug-likeness (QED) is 0.183. The monoisotopic (exact) mass is 387 g/mol. The number of fused-ring (bicyclic) bond motifs is 2. The first-order valence-electron chi connectivity index (χ1n) is 7.03. The van der Waals surface area contributed by atoms with Crippen molar-refractivity contribution in [3.05, 3.63) is 53.4 Å². The second-order valence-electron chi connectivity index (χ2n) is 4.94. The molecule has 25 heavy (non-hydrogen) atoms. The third kappa shape index (κ3) is 3.16. The van der Waals surface area contributed by atoms with Gasteiger partial charge in [0, 0.05) is 5.39 Å². The number of aromatic nitrogens is 2. The Labute approximate surface area is 149 Å². The van der Waals surface area contributed by atoms with Crippen molar-refractivity contribution in [3.8, 4) is 11.8 Å². The van der Waals surface area contributed by atoms with Gasteiger partial charge in [0.15, 0.2) is 5.69 Å². The van der Waals surface area contributed by atoms with Gasteiger partial charge in [-0.25, -0.2) is 0 Å². The molecule has 0 spiro atoms. The van der Waals surface area contributed by atoms with Crippen LogP contribution in [-0.4, -0.2) is 15.3 Å². The van der Waals surface area contributed by atoms with Crippen molar-refractivity contribution < 1.29 is 29.7 Å². The van der Waals surface area contributed by atoms with E-state index in [1.54, 1.807) is 18.2 Å². The number of aromatic amines is 1. The average molecular weight is 388 g/mol. The third-order valence-corrected chi connectivity index (χ3v) is 3.71. The summed E-state index contributed by atoms with van der Waals surface area (Å²) in [6.07, 6.45) is 0. The van der Waals surface area contributed by atoms with Gasteiger partial charge in [0.2, 0.25) is 5.88 Å². The first-order chi connectivity index (χ1) is 12.2. The summed E-state index contributed by atoms with van der Waals surface area (Å²) in [6, 6.07) is 14.4. The van der Waals surface area contributed by atoms with Gasteiger partial charge in [0.25, 0.3) is 0 Å². The van der Waals surface area contributed by atoms with Crippen molar-refractivity contribution >= 4 is 33.2 Å². The number of hydrogen-bond acceptors (Lipinski definition) is 5. The van der Waals surface area contributed by atoms with Gasteiger partial charge in [-0.15, -0.1) is 4.91 Å². The van der Waals surface area contributed by atoms with E-state index in [1.165, 1.54) is 0 Å². The van der Waals surface area contributed by atoms with Crippen molar-refractivity contribution in [1.82, 2.24) is 9.97 Å². The molecule has 2 heterocycles. The molecule has 0 atom stereocenters. The topological polar surface area (TPSA) is 123 Å². The van der Waals surface area contributed by atoms with Gasteiger partial charge < -0.3 is 10.1 Å². The molecule has 0 aliphatic carbocycles. The predicted molar refractivity (Wildman–Crippen MR) is 88.2 cm³/mol. The van der Waals surface area contributed by atoms with Crippen LogP contribution < -0.4 is 10.5 Å². The molecule has 2 aromatic carbocycles. The molecule has 0 saturated carbocycles. The number of anilines is 1.